The van der Waals surface area contributed by atoms with E-state index in [0.29, 0.717) is 27.7 Å². The lowest BCUT2D eigenvalue weighted by atomic mass is 10.1. The van der Waals surface area contributed by atoms with Crippen molar-refractivity contribution in [3.05, 3.63) is 142 Å². The monoisotopic (exact) mass is 643 g/mol. The summed E-state index contributed by atoms with van der Waals surface area (Å²) in [6, 6.07) is 20.4. The molecular formula is C28H18ClN9O8. The number of hydrazone groups is 2. The van der Waals surface area contributed by atoms with E-state index >= 15 is 0 Å². The van der Waals surface area contributed by atoms with Crippen molar-refractivity contribution in [1.82, 2.24) is 4.57 Å². The fourth-order valence-electron chi connectivity index (χ4n) is 4.50. The van der Waals surface area contributed by atoms with Gasteiger partial charge in [0.15, 0.2) is 0 Å². The van der Waals surface area contributed by atoms with Gasteiger partial charge in [-0.15, -0.1) is 0 Å². The molecular weight excluding hydrogens is 626 g/mol. The third-order valence-electron chi connectivity index (χ3n) is 6.56. The SMILES string of the molecule is O=[N+]([O-])c1ccc(NN=Cc2c(Cl)n(-c3ccccc3)c3c(C=NNc4ccc([N+](=O)[O-])cc4[N+](=O)[O-])cccc23)c([N+](=O)[O-])c1. The first-order valence-electron chi connectivity index (χ1n) is 12.9. The molecule has 0 amide bonds. The number of nitrogens with one attached hydrogen (secondary N) is 2. The first kappa shape index (κ1) is 30.7. The maximum atomic E-state index is 11.5. The minimum absolute atomic E-state index is 0.0743. The Morgan fingerprint density at radius 1 is 0.652 bits per heavy atom. The average Bonchev–Trinajstić information content (AvgIpc) is 3.32. The van der Waals surface area contributed by atoms with Gasteiger partial charge in [0.2, 0.25) is 0 Å². The average molecular weight is 644 g/mol. The molecule has 0 fully saturated rings. The third-order valence-corrected chi connectivity index (χ3v) is 6.93. The van der Waals surface area contributed by atoms with Gasteiger partial charge in [0, 0.05) is 34.3 Å². The second-order valence-corrected chi connectivity index (χ2v) is 9.65. The molecule has 5 aromatic rings. The minimum Gasteiger partial charge on any atom is -0.299 e. The molecule has 1 aromatic heterocycles. The molecule has 0 radical (unpaired) electrons. The topological polar surface area (TPSA) is 226 Å². The lowest BCUT2D eigenvalue weighted by molar-refractivity contribution is -0.393. The number of nitrogens with zero attached hydrogens (tertiary/aromatic N) is 7. The fraction of sp³-hybridized carbons (Fsp3) is 0. The molecule has 0 spiro atoms. The molecule has 0 aliphatic rings. The number of para-hydroxylation sites is 2. The standard InChI is InChI=1S/C28H18ClN9O8/c29-28-22(16-31-33-24-12-10-20(36(41)42)14-26(24)38(45)46)21-8-4-5-17(27(21)34(28)18-6-2-1-3-7-18)15-30-32-23-11-9-19(35(39)40)13-25(23)37(43)44/h1-16,32-33H. The van der Waals surface area contributed by atoms with Gasteiger partial charge < -0.3 is 0 Å². The van der Waals surface area contributed by atoms with Gasteiger partial charge in [-0.25, -0.2) is 0 Å². The molecule has 2 N–H and O–H groups in total. The summed E-state index contributed by atoms with van der Waals surface area (Å²) in [6.45, 7) is 0. The van der Waals surface area contributed by atoms with Crippen molar-refractivity contribution >= 4 is 69.1 Å². The van der Waals surface area contributed by atoms with Gasteiger partial charge in [0.25, 0.3) is 11.4 Å². The van der Waals surface area contributed by atoms with Gasteiger partial charge in [-0.1, -0.05) is 48.0 Å². The number of rotatable bonds is 11. The summed E-state index contributed by atoms with van der Waals surface area (Å²) in [7, 11) is 0. The molecule has 0 aliphatic carbocycles. The van der Waals surface area contributed by atoms with Crippen LogP contribution in [-0.2, 0) is 0 Å². The molecule has 0 bridgehead atoms. The van der Waals surface area contributed by atoms with Crippen molar-refractivity contribution in [3.63, 3.8) is 0 Å². The molecule has 5 rings (SSSR count). The first-order chi connectivity index (χ1) is 22.1. The molecule has 18 heteroatoms. The summed E-state index contributed by atoms with van der Waals surface area (Å²) in [4.78, 5) is 42.1. The Kier molecular flexibility index (Phi) is 8.58. The lowest BCUT2D eigenvalue weighted by Crippen LogP contribution is -2.00. The Balaban J connectivity index is 1.55. The van der Waals surface area contributed by atoms with Crippen LogP contribution in [0.15, 0.2) is 95.1 Å². The summed E-state index contributed by atoms with van der Waals surface area (Å²) in [5, 5.41) is 54.2. The number of hydrogen-bond acceptors (Lipinski definition) is 12. The van der Waals surface area contributed by atoms with E-state index in [4.69, 9.17) is 11.6 Å². The second-order valence-electron chi connectivity index (χ2n) is 9.29. The number of nitro groups is 4. The van der Waals surface area contributed by atoms with E-state index in [1.165, 1.54) is 24.6 Å². The number of fused-ring (bicyclic) bond motifs is 1. The smallest absolute Gasteiger partial charge is 0.299 e. The maximum absolute atomic E-state index is 11.5. The molecule has 0 atom stereocenters. The van der Waals surface area contributed by atoms with Crippen molar-refractivity contribution in [2.45, 2.75) is 0 Å². The van der Waals surface area contributed by atoms with Gasteiger partial charge in [-0.05, 0) is 24.3 Å². The van der Waals surface area contributed by atoms with Crippen LogP contribution in [0.3, 0.4) is 0 Å². The molecule has 46 heavy (non-hydrogen) atoms. The Hall–Kier alpha value is -6.75. The summed E-state index contributed by atoms with van der Waals surface area (Å²) >= 11 is 6.87. The number of aromatic nitrogens is 1. The van der Waals surface area contributed by atoms with E-state index in [2.05, 4.69) is 21.1 Å². The highest BCUT2D eigenvalue weighted by atomic mass is 35.5. The van der Waals surface area contributed by atoms with Crippen LogP contribution in [0, 0.1) is 40.5 Å². The van der Waals surface area contributed by atoms with Crippen LogP contribution in [-0.4, -0.2) is 36.7 Å². The third kappa shape index (κ3) is 6.15. The van der Waals surface area contributed by atoms with Crippen LogP contribution in [0.2, 0.25) is 5.15 Å². The second kappa shape index (κ2) is 12.9. The number of nitro benzene ring substituents is 4. The van der Waals surface area contributed by atoms with Crippen LogP contribution < -0.4 is 10.9 Å². The Morgan fingerprint density at radius 3 is 1.72 bits per heavy atom. The molecule has 4 aromatic carbocycles. The molecule has 1 heterocycles. The van der Waals surface area contributed by atoms with Crippen molar-refractivity contribution in [2.75, 3.05) is 10.9 Å². The van der Waals surface area contributed by atoms with Gasteiger partial charge in [-0.2, -0.15) is 10.2 Å². The zero-order chi connectivity index (χ0) is 33.0. The molecule has 17 nitrogen and oxygen atoms in total. The van der Waals surface area contributed by atoms with E-state index in [1.807, 2.05) is 6.07 Å². The number of halogens is 1. The van der Waals surface area contributed by atoms with Crippen molar-refractivity contribution in [2.24, 2.45) is 10.2 Å². The van der Waals surface area contributed by atoms with Crippen molar-refractivity contribution in [1.29, 1.82) is 0 Å². The first-order valence-corrected chi connectivity index (χ1v) is 13.3. The summed E-state index contributed by atoms with van der Waals surface area (Å²) in [5.74, 6) is 0. The normalized spacial score (nSPS) is 11.2. The Bertz CT molecular complexity index is 2100. The maximum Gasteiger partial charge on any atom is 0.301 e. The summed E-state index contributed by atoms with van der Waals surface area (Å²) in [5.41, 5.74) is 5.09. The zero-order valence-corrected chi connectivity index (χ0v) is 23.8. The largest absolute Gasteiger partial charge is 0.301 e. The molecule has 0 aliphatic heterocycles. The lowest BCUT2D eigenvalue weighted by Gasteiger charge is -2.09. The van der Waals surface area contributed by atoms with Gasteiger partial charge >= 0.3 is 11.4 Å². The van der Waals surface area contributed by atoms with E-state index in [9.17, 15) is 40.5 Å². The van der Waals surface area contributed by atoms with Gasteiger partial charge in [-0.3, -0.25) is 55.9 Å². The quantitative estimate of drug-likeness (QED) is 0.0867. The molecule has 0 saturated carbocycles. The predicted molar refractivity (Wildman–Crippen MR) is 170 cm³/mol. The summed E-state index contributed by atoms with van der Waals surface area (Å²) < 4.78 is 1.71. The minimum atomic E-state index is -0.774. The van der Waals surface area contributed by atoms with E-state index in [-0.39, 0.29) is 16.5 Å². The van der Waals surface area contributed by atoms with Crippen LogP contribution in [0.4, 0.5) is 34.1 Å². The number of non-ortho nitro benzene ring substituents is 2. The van der Waals surface area contributed by atoms with E-state index in [1.54, 1.807) is 47.0 Å². The highest BCUT2D eigenvalue weighted by Gasteiger charge is 2.22. The molecule has 0 saturated heterocycles. The van der Waals surface area contributed by atoms with Crippen LogP contribution in [0.5, 0.6) is 0 Å². The van der Waals surface area contributed by atoms with E-state index < -0.39 is 42.4 Å². The molecule has 230 valence electrons. The predicted octanol–water partition coefficient (Wildman–Crippen LogP) is 6.81. The number of hydrogen-bond donors (Lipinski definition) is 2. The Morgan fingerprint density at radius 2 is 1.20 bits per heavy atom. The van der Waals surface area contributed by atoms with Crippen LogP contribution >= 0.6 is 11.6 Å². The van der Waals surface area contributed by atoms with Gasteiger partial charge in [0.05, 0.1) is 49.8 Å². The van der Waals surface area contributed by atoms with Crippen molar-refractivity contribution < 1.29 is 19.7 Å². The number of benzene rings is 4. The Labute approximate surface area is 261 Å². The van der Waals surface area contributed by atoms with Gasteiger partial charge in [0.1, 0.15) is 16.5 Å². The van der Waals surface area contributed by atoms with Crippen LogP contribution in [0.25, 0.3) is 16.6 Å². The molecule has 0 unspecified atom stereocenters. The zero-order valence-electron chi connectivity index (χ0n) is 23.0. The fourth-order valence-corrected chi connectivity index (χ4v) is 4.83. The van der Waals surface area contributed by atoms with Crippen LogP contribution in [0.1, 0.15) is 11.1 Å². The van der Waals surface area contributed by atoms with Crippen molar-refractivity contribution in [3.8, 4) is 5.69 Å². The highest BCUT2D eigenvalue weighted by Crippen LogP contribution is 2.35. The van der Waals surface area contributed by atoms with E-state index in [0.717, 1.165) is 24.3 Å². The highest BCUT2D eigenvalue weighted by molar-refractivity contribution is 6.35. The number of anilines is 2. The summed E-state index contributed by atoms with van der Waals surface area (Å²) in [6.07, 6.45) is 2.73.